The number of ether oxygens (including phenoxy) is 1. The molecule has 0 aromatic rings. The minimum atomic E-state index is 0.654. The van der Waals surface area contributed by atoms with Crippen molar-refractivity contribution < 1.29 is 4.74 Å². The maximum Gasteiger partial charge on any atom is 0.0594 e. The zero-order chi connectivity index (χ0) is 9.52. The first kappa shape index (κ1) is 11.0. The van der Waals surface area contributed by atoms with Gasteiger partial charge in [0.15, 0.2) is 0 Å². The summed E-state index contributed by atoms with van der Waals surface area (Å²) in [5.74, 6) is 0. The topological polar surface area (TPSA) is 24.5 Å². The minimum Gasteiger partial charge on any atom is -0.379 e. The van der Waals surface area contributed by atoms with Gasteiger partial charge in [-0.2, -0.15) is 0 Å². The van der Waals surface area contributed by atoms with Gasteiger partial charge < -0.3 is 10.1 Å². The van der Waals surface area contributed by atoms with E-state index in [1.54, 1.807) is 0 Å². The van der Waals surface area contributed by atoms with Crippen LogP contribution in [0.15, 0.2) is 0 Å². The molecule has 0 amide bonds. The molecule has 0 aliphatic carbocycles. The van der Waals surface area contributed by atoms with Crippen LogP contribution < -0.4 is 5.32 Å². The van der Waals surface area contributed by atoms with Crippen LogP contribution in [0.1, 0.15) is 19.8 Å². The molecule has 13 heavy (non-hydrogen) atoms. The van der Waals surface area contributed by atoms with Gasteiger partial charge in [-0.1, -0.05) is 0 Å². The number of hydrogen-bond acceptors (Lipinski definition) is 3. The van der Waals surface area contributed by atoms with Gasteiger partial charge in [-0.05, 0) is 33.4 Å². The van der Waals surface area contributed by atoms with Gasteiger partial charge in [0, 0.05) is 19.1 Å². The van der Waals surface area contributed by atoms with Crippen molar-refractivity contribution in [2.45, 2.75) is 25.8 Å². The average molecular weight is 186 g/mol. The molecular formula is C10H22N2O. The molecule has 1 N–H and O–H groups in total. The van der Waals surface area contributed by atoms with Crippen LogP contribution in [0.4, 0.5) is 0 Å². The van der Waals surface area contributed by atoms with Gasteiger partial charge in [-0.15, -0.1) is 0 Å². The monoisotopic (exact) mass is 186 g/mol. The third-order valence-electron chi connectivity index (χ3n) is 2.71. The molecule has 1 fully saturated rings. The molecule has 78 valence electrons. The molecule has 0 spiro atoms. The molecule has 1 unspecified atom stereocenters. The second kappa shape index (κ2) is 6.35. The fraction of sp³-hybridized carbons (Fsp3) is 1.00. The summed E-state index contributed by atoms with van der Waals surface area (Å²) in [5.41, 5.74) is 0. The second-order valence-electron chi connectivity index (χ2n) is 3.79. The molecule has 1 saturated heterocycles. The fourth-order valence-electron chi connectivity index (χ4n) is 1.59. The highest BCUT2D eigenvalue weighted by Gasteiger charge is 2.09. The van der Waals surface area contributed by atoms with Crippen molar-refractivity contribution in [3.63, 3.8) is 0 Å². The molecule has 0 aromatic heterocycles. The van der Waals surface area contributed by atoms with Crippen LogP contribution in [-0.4, -0.2) is 50.8 Å². The zero-order valence-electron chi connectivity index (χ0n) is 8.88. The van der Waals surface area contributed by atoms with Crippen molar-refractivity contribution in [2.24, 2.45) is 0 Å². The predicted octanol–water partition coefficient (Wildman–Crippen LogP) is 0.707. The maximum atomic E-state index is 5.29. The lowest BCUT2D eigenvalue weighted by Gasteiger charge is -2.26. The normalized spacial score (nSPS) is 21.7. The SMILES string of the molecule is CNC(C)CCCN1CCOCC1. The van der Waals surface area contributed by atoms with Crippen LogP contribution in [0.2, 0.25) is 0 Å². The number of morpholine rings is 1. The summed E-state index contributed by atoms with van der Waals surface area (Å²) in [7, 11) is 2.03. The van der Waals surface area contributed by atoms with Gasteiger partial charge in [0.05, 0.1) is 13.2 Å². The van der Waals surface area contributed by atoms with Gasteiger partial charge in [-0.3, -0.25) is 4.90 Å². The van der Waals surface area contributed by atoms with E-state index in [9.17, 15) is 0 Å². The van der Waals surface area contributed by atoms with Crippen molar-refractivity contribution in [1.82, 2.24) is 10.2 Å². The van der Waals surface area contributed by atoms with E-state index in [0.29, 0.717) is 6.04 Å². The molecule has 0 saturated carbocycles. The van der Waals surface area contributed by atoms with E-state index in [2.05, 4.69) is 17.1 Å². The van der Waals surface area contributed by atoms with Crippen LogP contribution in [0, 0.1) is 0 Å². The minimum absolute atomic E-state index is 0.654. The molecule has 1 aliphatic rings. The molecule has 0 aromatic carbocycles. The smallest absolute Gasteiger partial charge is 0.0594 e. The van der Waals surface area contributed by atoms with E-state index in [4.69, 9.17) is 4.74 Å². The van der Waals surface area contributed by atoms with Crippen molar-refractivity contribution in [3.8, 4) is 0 Å². The Balaban J connectivity index is 1.98. The lowest BCUT2D eigenvalue weighted by atomic mass is 10.2. The van der Waals surface area contributed by atoms with Crippen molar-refractivity contribution >= 4 is 0 Å². The van der Waals surface area contributed by atoms with E-state index >= 15 is 0 Å². The van der Waals surface area contributed by atoms with Crippen LogP contribution in [-0.2, 0) is 4.74 Å². The molecule has 1 heterocycles. The van der Waals surface area contributed by atoms with Gasteiger partial charge in [0.2, 0.25) is 0 Å². The van der Waals surface area contributed by atoms with Gasteiger partial charge in [-0.25, -0.2) is 0 Å². The Morgan fingerprint density at radius 1 is 1.38 bits per heavy atom. The average Bonchev–Trinajstić information content (AvgIpc) is 2.19. The Hall–Kier alpha value is -0.120. The van der Waals surface area contributed by atoms with Crippen molar-refractivity contribution in [2.75, 3.05) is 39.9 Å². The highest BCUT2D eigenvalue weighted by atomic mass is 16.5. The molecule has 0 radical (unpaired) electrons. The first-order chi connectivity index (χ1) is 6.33. The third-order valence-corrected chi connectivity index (χ3v) is 2.71. The summed E-state index contributed by atoms with van der Waals surface area (Å²) in [6, 6.07) is 0.654. The Labute approximate surface area is 81.4 Å². The highest BCUT2D eigenvalue weighted by Crippen LogP contribution is 2.01. The number of nitrogens with zero attached hydrogens (tertiary/aromatic N) is 1. The standard InChI is InChI=1S/C10H22N2O/c1-10(11-2)4-3-5-12-6-8-13-9-7-12/h10-11H,3-9H2,1-2H3. The maximum absolute atomic E-state index is 5.29. The number of hydrogen-bond donors (Lipinski definition) is 1. The summed E-state index contributed by atoms with van der Waals surface area (Å²) < 4.78 is 5.29. The molecule has 1 atom stereocenters. The lowest BCUT2D eigenvalue weighted by molar-refractivity contribution is 0.0369. The molecule has 3 nitrogen and oxygen atoms in total. The molecule has 1 aliphatic heterocycles. The molecule has 1 rings (SSSR count). The highest BCUT2D eigenvalue weighted by molar-refractivity contribution is 4.64. The van der Waals surface area contributed by atoms with E-state index in [1.165, 1.54) is 19.4 Å². The van der Waals surface area contributed by atoms with Crippen LogP contribution in [0.5, 0.6) is 0 Å². The fourth-order valence-corrected chi connectivity index (χ4v) is 1.59. The Bertz CT molecular complexity index is 124. The van der Waals surface area contributed by atoms with Gasteiger partial charge >= 0.3 is 0 Å². The van der Waals surface area contributed by atoms with Crippen LogP contribution in [0.3, 0.4) is 0 Å². The molecule has 3 heteroatoms. The quantitative estimate of drug-likeness (QED) is 0.684. The number of nitrogens with one attached hydrogen (secondary N) is 1. The summed E-state index contributed by atoms with van der Waals surface area (Å²) in [5, 5.41) is 3.26. The van der Waals surface area contributed by atoms with E-state index in [-0.39, 0.29) is 0 Å². The van der Waals surface area contributed by atoms with Crippen molar-refractivity contribution in [1.29, 1.82) is 0 Å². The van der Waals surface area contributed by atoms with Gasteiger partial charge in [0.1, 0.15) is 0 Å². The zero-order valence-corrected chi connectivity index (χ0v) is 8.88. The van der Waals surface area contributed by atoms with E-state index in [1.807, 2.05) is 7.05 Å². The summed E-state index contributed by atoms with van der Waals surface area (Å²) in [4.78, 5) is 2.49. The summed E-state index contributed by atoms with van der Waals surface area (Å²) >= 11 is 0. The molecule has 0 bridgehead atoms. The Morgan fingerprint density at radius 3 is 2.69 bits per heavy atom. The third kappa shape index (κ3) is 4.60. The van der Waals surface area contributed by atoms with Crippen molar-refractivity contribution in [3.05, 3.63) is 0 Å². The van der Waals surface area contributed by atoms with Crippen LogP contribution in [0.25, 0.3) is 0 Å². The summed E-state index contributed by atoms with van der Waals surface area (Å²) in [6.45, 7) is 7.54. The van der Waals surface area contributed by atoms with E-state index in [0.717, 1.165) is 26.3 Å². The first-order valence-corrected chi connectivity index (χ1v) is 5.30. The summed E-state index contributed by atoms with van der Waals surface area (Å²) in [6.07, 6.45) is 2.57. The lowest BCUT2D eigenvalue weighted by Crippen LogP contribution is -2.37. The number of rotatable bonds is 5. The Kier molecular flexibility index (Phi) is 5.35. The second-order valence-corrected chi connectivity index (χ2v) is 3.79. The predicted molar refractivity (Wildman–Crippen MR) is 55.0 cm³/mol. The first-order valence-electron chi connectivity index (χ1n) is 5.30. The Morgan fingerprint density at radius 2 is 2.08 bits per heavy atom. The van der Waals surface area contributed by atoms with E-state index < -0.39 is 0 Å². The largest absolute Gasteiger partial charge is 0.379 e. The van der Waals surface area contributed by atoms with Gasteiger partial charge in [0.25, 0.3) is 0 Å². The van der Waals surface area contributed by atoms with Crippen LogP contribution >= 0.6 is 0 Å². The molecular weight excluding hydrogens is 164 g/mol.